The summed E-state index contributed by atoms with van der Waals surface area (Å²) in [5.74, 6) is 0.595. The van der Waals surface area contributed by atoms with E-state index >= 15 is 0 Å². The third-order valence-electron chi connectivity index (χ3n) is 1.91. The number of rotatable bonds is 7. The van der Waals surface area contributed by atoms with Crippen molar-refractivity contribution in [2.75, 3.05) is 13.2 Å². The molecule has 0 atom stereocenters. The number of hydrogen-bond donors (Lipinski definition) is 3. The molecular formula is C10H15ClN2O3. The molecule has 1 aromatic rings. The van der Waals surface area contributed by atoms with Crippen LogP contribution in [0.1, 0.15) is 17.8 Å². The average Bonchev–Trinajstić information content (AvgIpc) is 2.34. The van der Waals surface area contributed by atoms with E-state index < -0.39 is 0 Å². The van der Waals surface area contributed by atoms with Crippen LogP contribution < -0.4 is 9.57 Å². The van der Waals surface area contributed by atoms with Crippen LogP contribution in [0.2, 0.25) is 0 Å². The zero-order chi connectivity index (χ0) is 11.8. The van der Waals surface area contributed by atoms with E-state index in [2.05, 4.69) is 9.82 Å². The monoisotopic (exact) mass is 246 g/mol. The molecule has 1 aromatic heterocycles. The SMILES string of the molecule is OCc1cc(OCCCNCl)cc(CO)n1. The molecule has 0 spiro atoms. The summed E-state index contributed by atoms with van der Waals surface area (Å²) >= 11 is 5.30. The highest BCUT2D eigenvalue weighted by Gasteiger charge is 2.02. The van der Waals surface area contributed by atoms with Crippen LogP contribution in [-0.2, 0) is 13.2 Å². The Bertz CT molecular complexity index is 301. The van der Waals surface area contributed by atoms with Crippen molar-refractivity contribution >= 4 is 11.8 Å². The highest BCUT2D eigenvalue weighted by Crippen LogP contribution is 2.14. The third kappa shape index (κ3) is 4.32. The molecule has 1 rings (SSSR count). The van der Waals surface area contributed by atoms with Gasteiger partial charge in [0, 0.05) is 18.7 Å². The van der Waals surface area contributed by atoms with Gasteiger partial charge in [-0.25, -0.2) is 4.84 Å². The summed E-state index contributed by atoms with van der Waals surface area (Å²) in [6, 6.07) is 3.29. The van der Waals surface area contributed by atoms with E-state index in [0.29, 0.717) is 30.3 Å². The Labute approximate surface area is 99.1 Å². The fourth-order valence-electron chi connectivity index (χ4n) is 1.19. The lowest BCUT2D eigenvalue weighted by atomic mass is 10.3. The van der Waals surface area contributed by atoms with Gasteiger partial charge in [0.25, 0.3) is 0 Å². The highest BCUT2D eigenvalue weighted by molar-refractivity contribution is 6.13. The largest absolute Gasteiger partial charge is 0.493 e. The molecule has 0 fully saturated rings. The van der Waals surface area contributed by atoms with Crippen molar-refractivity contribution in [3.05, 3.63) is 23.5 Å². The van der Waals surface area contributed by atoms with Gasteiger partial charge in [0.15, 0.2) is 0 Å². The Morgan fingerprint density at radius 2 is 1.88 bits per heavy atom. The molecule has 0 amide bonds. The Morgan fingerprint density at radius 3 is 2.38 bits per heavy atom. The van der Waals surface area contributed by atoms with Gasteiger partial charge in [-0.05, 0) is 18.2 Å². The van der Waals surface area contributed by atoms with Crippen LogP contribution in [0.25, 0.3) is 0 Å². The van der Waals surface area contributed by atoms with Crippen LogP contribution in [-0.4, -0.2) is 28.3 Å². The number of pyridine rings is 1. The van der Waals surface area contributed by atoms with Crippen LogP contribution >= 0.6 is 11.8 Å². The van der Waals surface area contributed by atoms with Gasteiger partial charge in [-0.3, -0.25) is 4.98 Å². The second-order valence-electron chi connectivity index (χ2n) is 3.19. The number of aliphatic hydroxyl groups excluding tert-OH is 2. The van der Waals surface area contributed by atoms with Gasteiger partial charge >= 0.3 is 0 Å². The predicted molar refractivity (Wildman–Crippen MR) is 60.1 cm³/mol. The predicted octanol–water partition coefficient (Wildman–Crippen LogP) is 0.578. The van der Waals surface area contributed by atoms with Gasteiger partial charge in [0.05, 0.1) is 31.2 Å². The first-order valence-electron chi connectivity index (χ1n) is 4.98. The zero-order valence-corrected chi connectivity index (χ0v) is 9.57. The maximum atomic E-state index is 8.96. The maximum Gasteiger partial charge on any atom is 0.123 e. The summed E-state index contributed by atoms with van der Waals surface area (Å²) in [5.41, 5.74) is 0.967. The van der Waals surface area contributed by atoms with Crippen LogP contribution in [0.5, 0.6) is 5.75 Å². The first-order chi connectivity index (χ1) is 7.80. The molecule has 6 heteroatoms. The van der Waals surface area contributed by atoms with E-state index in [0.717, 1.165) is 6.42 Å². The Balaban J connectivity index is 2.57. The lowest BCUT2D eigenvalue weighted by molar-refractivity contribution is 0.261. The van der Waals surface area contributed by atoms with E-state index in [1.807, 2.05) is 0 Å². The molecule has 0 aliphatic heterocycles. The van der Waals surface area contributed by atoms with Crippen LogP contribution in [0.15, 0.2) is 12.1 Å². The third-order valence-corrected chi connectivity index (χ3v) is 2.10. The molecule has 90 valence electrons. The number of halogens is 1. The van der Waals surface area contributed by atoms with Crippen molar-refractivity contribution < 1.29 is 14.9 Å². The van der Waals surface area contributed by atoms with E-state index in [9.17, 15) is 0 Å². The molecule has 0 saturated carbocycles. The minimum atomic E-state index is -0.173. The Kier molecular flexibility index (Phi) is 6.10. The summed E-state index contributed by atoms with van der Waals surface area (Å²) in [5, 5.41) is 17.9. The molecule has 0 aliphatic rings. The van der Waals surface area contributed by atoms with Gasteiger partial charge in [-0.2, -0.15) is 0 Å². The number of hydrogen-bond acceptors (Lipinski definition) is 5. The standard InChI is InChI=1S/C10H15ClN2O3/c11-12-2-1-3-16-10-4-8(6-14)13-9(5-10)7-15/h4-5,12,14-15H,1-3,6-7H2. The average molecular weight is 247 g/mol. The number of ether oxygens (including phenoxy) is 1. The normalized spacial score (nSPS) is 10.4. The van der Waals surface area contributed by atoms with E-state index in [1.54, 1.807) is 12.1 Å². The molecule has 0 aromatic carbocycles. The molecule has 0 aliphatic carbocycles. The second kappa shape index (κ2) is 7.40. The lowest BCUT2D eigenvalue weighted by Gasteiger charge is -2.08. The summed E-state index contributed by atoms with van der Waals surface area (Å²) in [4.78, 5) is 6.50. The van der Waals surface area contributed by atoms with Gasteiger partial charge < -0.3 is 14.9 Å². The first-order valence-corrected chi connectivity index (χ1v) is 5.35. The van der Waals surface area contributed by atoms with E-state index in [1.165, 1.54) is 0 Å². The fraction of sp³-hybridized carbons (Fsp3) is 0.500. The van der Waals surface area contributed by atoms with Crippen LogP contribution in [0.3, 0.4) is 0 Å². The van der Waals surface area contributed by atoms with Gasteiger partial charge in [-0.15, -0.1) is 0 Å². The molecular weight excluding hydrogens is 232 g/mol. The first kappa shape index (κ1) is 13.2. The number of nitrogens with one attached hydrogen (secondary N) is 1. The molecule has 1 heterocycles. The molecule has 0 unspecified atom stereocenters. The van der Waals surface area contributed by atoms with E-state index in [4.69, 9.17) is 26.7 Å². The summed E-state index contributed by atoms with van der Waals surface area (Å²) in [7, 11) is 0. The highest BCUT2D eigenvalue weighted by atomic mass is 35.5. The van der Waals surface area contributed by atoms with Crippen molar-refractivity contribution in [2.24, 2.45) is 0 Å². The minimum Gasteiger partial charge on any atom is -0.493 e. The topological polar surface area (TPSA) is 74.6 Å². The lowest BCUT2D eigenvalue weighted by Crippen LogP contribution is -2.08. The molecule has 0 bridgehead atoms. The zero-order valence-electron chi connectivity index (χ0n) is 8.82. The maximum absolute atomic E-state index is 8.96. The van der Waals surface area contributed by atoms with Gasteiger partial charge in [0.1, 0.15) is 5.75 Å². The summed E-state index contributed by atoms with van der Waals surface area (Å²) in [6.07, 6.45) is 0.773. The molecule has 3 N–H and O–H groups in total. The Morgan fingerprint density at radius 1 is 1.25 bits per heavy atom. The number of nitrogens with zero attached hydrogens (tertiary/aromatic N) is 1. The van der Waals surface area contributed by atoms with Crippen molar-refractivity contribution in [1.82, 2.24) is 9.82 Å². The van der Waals surface area contributed by atoms with Crippen molar-refractivity contribution in [3.63, 3.8) is 0 Å². The van der Waals surface area contributed by atoms with Gasteiger partial charge in [0.2, 0.25) is 0 Å². The van der Waals surface area contributed by atoms with Crippen LogP contribution in [0.4, 0.5) is 0 Å². The van der Waals surface area contributed by atoms with Crippen molar-refractivity contribution in [2.45, 2.75) is 19.6 Å². The number of aromatic nitrogens is 1. The molecule has 0 saturated heterocycles. The summed E-state index contributed by atoms with van der Waals surface area (Å²) < 4.78 is 5.43. The van der Waals surface area contributed by atoms with Crippen molar-refractivity contribution in [1.29, 1.82) is 0 Å². The minimum absolute atomic E-state index is 0.173. The second-order valence-corrected chi connectivity index (χ2v) is 3.45. The molecule has 5 nitrogen and oxygen atoms in total. The quantitative estimate of drug-likeness (QED) is 0.485. The van der Waals surface area contributed by atoms with Gasteiger partial charge in [-0.1, -0.05) is 0 Å². The smallest absolute Gasteiger partial charge is 0.123 e. The Hall–Kier alpha value is -0.880. The van der Waals surface area contributed by atoms with E-state index in [-0.39, 0.29) is 13.2 Å². The molecule has 16 heavy (non-hydrogen) atoms. The number of aliphatic hydroxyl groups is 2. The fourth-order valence-corrected chi connectivity index (χ4v) is 1.33. The van der Waals surface area contributed by atoms with Crippen LogP contribution in [0, 0.1) is 0 Å². The van der Waals surface area contributed by atoms with Crippen molar-refractivity contribution in [3.8, 4) is 5.75 Å². The summed E-state index contributed by atoms with van der Waals surface area (Å²) in [6.45, 7) is 0.826. The molecule has 0 radical (unpaired) electrons.